The summed E-state index contributed by atoms with van der Waals surface area (Å²) in [6.45, 7) is 2.95. The van der Waals surface area contributed by atoms with Crippen LogP contribution < -0.4 is 0 Å². The molecule has 1 aromatic carbocycles. The molecule has 3 amide bonds. The predicted molar refractivity (Wildman–Crippen MR) is 128 cm³/mol. The molecule has 0 unspecified atom stereocenters. The van der Waals surface area contributed by atoms with Gasteiger partial charge in [0.15, 0.2) is 0 Å². The molecule has 4 rings (SSSR count). The summed E-state index contributed by atoms with van der Waals surface area (Å²) in [5, 5.41) is -0.458. The third-order valence-electron chi connectivity index (χ3n) is 5.94. The van der Waals surface area contributed by atoms with Crippen molar-refractivity contribution in [3.63, 3.8) is 0 Å². The SMILES string of the molecule is COC(=O)c1ccc(-c2ccc(C=C3SC(=O)N(CC(=O)N4CCCCCC4)C3=O)o2)c(C)c1. The summed E-state index contributed by atoms with van der Waals surface area (Å²) in [7, 11) is 1.33. The standard InChI is InChI=1S/C25H26N2O6S/c1-16-13-17(24(30)32-2)7-9-19(16)20-10-8-18(33-20)14-21-23(29)27(25(31)34-21)15-22(28)26-11-5-3-4-6-12-26/h7-10,13-14H,3-6,11-12,15H2,1-2H3. The lowest BCUT2D eigenvalue weighted by Crippen LogP contribution is -2.42. The molecule has 2 aromatic rings. The highest BCUT2D eigenvalue weighted by molar-refractivity contribution is 8.18. The Kier molecular flexibility index (Phi) is 7.21. The van der Waals surface area contributed by atoms with Gasteiger partial charge in [0, 0.05) is 24.7 Å². The molecule has 34 heavy (non-hydrogen) atoms. The number of ether oxygens (including phenoxy) is 1. The highest BCUT2D eigenvalue weighted by Crippen LogP contribution is 2.34. The number of methoxy groups -OCH3 is 1. The molecule has 2 aliphatic heterocycles. The first-order chi connectivity index (χ1) is 16.4. The van der Waals surface area contributed by atoms with Gasteiger partial charge in [-0.2, -0.15) is 0 Å². The van der Waals surface area contributed by atoms with E-state index in [0.717, 1.165) is 53.5 Å². The van der Waals surface area contributed by atoms with E-state index in [1.165, 1.54) is 13.2 Å². The topological polar surface area (TPSA) is 97.1 Å². The summed E-state index contributed by atoms with van der Waals surface area (Å²) in [6.07, 6.45) is 5.59. The summed E-state index contributed by atoms with van der Waals surface area (Å²) >= 11 is 0.802. The summed E-state index contributed by atoms with van der Waals surface area (Å²) in [5.74, 6) is -0.127. The fourth-order valence-corrected chi connectivity index (χ4v) is 4.90. The maximum atomic E-state index is 12.8. The number of hydrogen-bond acceptors (Lipinski definition) is 7. The van der Waals surface area contributed by atoms with Crippen LogP contribution in [0.3, 0.4) is 0 Å². The van der Waals surface area contributed by atoms with Gasteiger partial charge < -0.3 is 14.1 Å². The highest BCUT2D eigenvalue weighted by atomic mass is 32.2. The van der Waals surface area contributed by atoms with Gasteiger partial charge >= 0.3 is 5.97 Å². The largest absolute Gasteiger partial charge is 0.465 e. The van der Waals surface area contributed by atoms with Crippen LogP contribution in [-0.4, -0.2) is 59.6 Å². The average Bonchev–Trinajstić information content (AvgIpc) is 3.25. The first kappa shape index (κ1) is 23.8. The second kappa shape index (κ2) is 10.3. The number of hydrogen-bond donors (Lipinski definition) is 0. The fraction of sp³-hybridized carbons (Fsp3) is 0.360. The normalized spacial score (nSPS) is 17.9. The minimum Gasteiger partial charge on any atom is -0.465 e. The number of furan rings is 1. The second-order valence-corrected chi connectivity index (χ2v) is 9.28. The maximum Gasteiger partial charge on any atom is 0.337 e. The Morgan fingerprint density at radius 1 is 1.09 bits per heavy atom. The molecule has 2 saturated heterocycles. The number of amides is 3. The van der Waals surface area contributed by atoms with Crippen molar-refractivity contribution < 1.29 is 28.3 Å². The van der Waals surface area contributed by atoms with Gasteiger partial charge in [0.05, 0.1) is 17.6 Å². The minimum atomic E-state index is -0.491. The highest BCUT2D eigenvalue weighted by Gasteiger charge is 2.37. The lowest BCUT2D eigenvalue weighted by molar-refractivity contribution is -0.135. The average molecular weight is 483 g/mol. The predicted octanol–water partition coefficient (Wildman–Crippen LogP) is 4.48. The zero-order valence-electron chi connectivity index (χ0n) is 19.2. The van der Waals surface area contributed by atoms with E-state index in [-0.39, 0.29) is 17.4 Å². The number of rotatable bonds is 5. The van der Waals surface area contributed by atoms with Crippen LogP contribution in [0.4, 0.5) is 4.79 Å². The van der Waals surface area contributed by atoms with Gasteiger partial charge in [-0.05, 0) is 61.4 Å². The first-order valence-corrected chi connectivity index (χ1v) is 12.0. The second-order valence-electron chi connectivity index (χ2n) is 8.29. The third-order valence-corrected chi connectivity index (χ3v) is 6.85. The van der Waals surface area contributed by atoms with Gasteiger partial charge in [-0.15, -0.1) is 0 Å². The van der Waals surface area contributed by atoms with E-state index in [4.69, 9.17) is 9.15 Å². The van der Waals surface area contributed by atoms with Gasteiger partial charge in [-0.1, -0.05) is 18.9 Å². The van der Waals surface area contributed by atoms with Crippen LogP contribution >= 0.6 is 11.8 Å². The molecular weight excluding hydrogens is 456 g/mol. The van der Waals surface area contributed by atoms with Crippen LogP contribution in [0.2, 0.25) is 0 Å². The summed E-state index contributed by atoms with van der Waals surface area (Å²) in [4.78, 5) is 52.6. The third kappa shape index (κ3) is 5.09. The van der Waals surface area contributed by atoms with Gasteiger partial charge in [-0.25, -0.2) is 4.79 Å². The molecule has 0 aliphatic carbocycles. The number of thioether (sulfide) groups is 1. The van der Waals surface area contributed by atoms with Crippen molar-refractivity contribution in [2.75, 3.05) is 26.7 Å². The Hall–Kier alpha value is -3.33. The van der Waals surface area contributed by atoms with Crippen molar-refractivity contribution in [2.24, 2.45) is 0 Å². The van der Waals surface area contributed by atoms with Crippen molar-refractivity contribution >= 4 is 40.9 Å². The molecule has 178 valence electrons. The molecule has 0 radical (unpaired) electrons. The van der Waals surface area contributed by atoms with Crippen molar-refractivity contribution in [2.45, 2.75) is 32.6 Å². The Labute approximate surface area is 201 Å². The van der Waals surface area contributed by atoms with Crippen LogP contribution in [0.15, 0.2) is 39.7 Å². The first-order valence-electron chi connectivity index (χ1n) is 11.2. The van der Waals surface area contributed by atoms with E-state index in [1.54, 1.807) is 35.2 Å². The van der Waals surface area contributed by atoms with Crippen LogP contribution in [0.5, 0.6) is 0 Å². The number of imide groups is 1. The molecule has 3 heterocycles. The fourth-order valence-electron chi connectivity index (χ4n) is 4.08. The zero-order chi connectivity index (χ0) is 24.2. The number of carbonyl (C=O) groups excluding carboxylic acids is 4. The van der Waals surface area contributed by atoms with Crippen LogP contribution in [0.1, 0.15) is 47.4 Å². The molecule has 1 aromatic heterocycles. The zero-order valence-corrected chi connectivity index (χ0v) is 20.0. The maximum absolute atomic E-state index is 12.8. The molecule has 0 saturated carbocycles. The summed E-state index contributed by atoms with van der Waals surface area (Å²) in [5.41, 5.74) is 2.07. The van der Waals surface area contributed by atoms with E-state index >= 15 is 0 Å². The Morgan fingerprint density at radius 3 is 2.50 bits per heavy atom. The Balaban J connectivity index is 1.47. The molecule has 0 N–H and O–H groups in total. The number of carbonyl (C=O) groups is 4. The van der Waals surface area contributed by atoms with E-state index in [0.29, 0.717) is 30.2 Å². The van der Waals surface area contributed by atoms with Crippen LogP contribution in [0.25, 0.3) is 17.4 Å². The molecule has 8 nitrogen and oxygen atoms in total. The van der Waals surface area contributed by atoms with E-state index in [2.05, 4.69) is 0 Å². The summed E-state index contributed by atoms with van der Waals surface area (Å²) < 4.78 is 10.6. The minimum absolute atomic E-state index is 0.198. The molecular formula is C25H26N2O6S. The Bertz CT molecular complexity index is 1160. The number of likely N-dealkylation sites (tertiary alicyclic amines) is 1. The lowest BCUT2D eigenvalue weighted by atomic mass is 10.0. The van der Waals surface area contributed by atoms with E-state index in [1.807, 2.05) is 6.92 Å². The van der Waals surface area contributed by atoms with Gasteiger partial charge in [0.2, 0.25) is 5.91 Å². The molecule has 2 fully saturated rings. The van der Waals surface area contributed by atoms with E-state index in [9.17, 15) is 19.2 Å². The van der Waals surface area contributed by atoms with Crippen molar-refractivity contribution in [1.29, 1.82) is 0 Å². The lowest BCUT2D eigenvalue weighted by Gasteiger charge is -2.22. The number of esters is 1. The molecule has 2 aliphatic rings. The van der Waals surface area contributed by atoms with Crippen LogP contribution in [0, 0.1) is 6.92 Å². The molecule has 9 heteroatoms. The van der Waals surface area contributed by atoms with Gasteiger partial charge in [0.25, 0.3) is 11.1 Å². The van der Waals surface area contributed by atoms with Crippen molar-refractivity contribution in [3.05, 3.63) is 52.1 Å². The van der Waals surface area contributed by atoms with Crippen LogP contribution in [-0.2, 0) is 14.3 Å². The monoisotopic (exact) mass is 482 g/mol. The summed E-state index contributed by atoms with van der Waals surface area (Å²) in [6, 6.07) is 8.62. The molecule has 0 atom stereocenters. The number of nitrogens with zero attached hydrogens (tertiary/aromatic N) is 2. The number of aryl methyl sites for hydroxylation is 1. The smallest absolute Gasteiger partial charge is 0.337 e. The van der Waals surface area contributed by atoms with Crippen molar-refractivity contribution in [1.82, 2.24) is 9.80 Å². The van der Waals surface area contributed by atoms with Crippen molar-refractivity contribution in [3.8, 4) is 11.3 Å². The quantitative estimate of drug-likeness (QED) is 0.458. The van der Waals surface area contributed by atoms with Gasteiger partial charge in [-0.3, -0.25) is 19.3 Å². The molecule has 0 bridgehead atoms. The van der Waals surface area contributed by atoms with E-state index < -0.39 is 17.1 Å². The molecule has 0 spiro atoms. The van der Waals surface area contributed by atoms with Gasteiger partial charge in [0.1, 0.15) is 18.1 Å². The Morgan fingerprint density at radius 2 is 1.82 bits per heavy atom. The number of benzene rings is 1.